The fourth-order valence-electron chi connectivity index (χ4n) is 1.75. The summed E-state index contributed by atoms with van der Waals surface area (Å²) in [4.78, 5) is 11.5. The topological polar surface area (TPSA) is 46.1 Å². The molecule has 2 N–H and O–H groups in total. The lowest BCUT2D eigenvalue weighted by atomic mass is 10.3. The molecule has 0 spiro atoms. The van der Waals surface area contributed by atoms with Gasteiger partial charge in [0.25, 0.3) is 0 Å². The summed E-state index contributed by atoms with van der Waals surface area (Å²) in [6, 6.07) is 3.98. The molecule has 17 heavy (non-hydrogen) atoms. The molecular formula is C13H23N3O. The minimum Gasteiger partial charge on any atom is -0.355 e. The summed E-state index contributed by atoms with van der Waals surface area (Å²) in [5.74, 6) is 0.0566. The summed E-state index contributed by atoms with van der Waals surface area (Å²) in [7, 11) is 0. The molecule has 4 nitrogen and oxygen atoms in total. The van der Waals surface area contributed by atoms with Crippen molar-refractivity contribution in [3.05, 3.63) is 24.0 Å². The average Bonchev–Trinajstić information content (AvgIpc) is 2.74. The smallest absolute Gasteiger partial charge is 0.236 e. The molecule has 1 aromatic rings. The van der Waals surface area contributed by atoms with Gasteiger partial charge in [-0.1, -0.05) is 6.92 Å². The molecule has 0 aliphatic heterocycles. The Morgan fingerprint density at radius 3 is 2.88 bits per heavy atom. The van der Waals surface area contributed by atoms with Crippen molar-refractivity contribution in [1.82, 2.24) is 15.2 Å². The van der Waals surface area contributed by atoms with Crippen molar-refractivity contribution in [2.24, 2.45) is 0 Å². The molecule has 4 heteroatoms. The number of rotatable bonds is 7. The number of hydrogen-bond acceptors (Lipinski definition) is 2. The van der Waals surface area contributed by atoms with Gasteiger partial charge in [-0.15, -0.1) is 0 Å². The second-order valence-electron chi connectivity index (χ2n) is 4.19. The van der Waals surface area contributed by atoms with E-state index in [1.165, 1.54) is 5.69 Å². The van der Waals surface area contributed by atoms with Crippen molar-refractivity contribution in [2.45, 2.75) is 46.3 Å². The standard InChI is InChI=1S/C13H23N3O/c1-4-8-16-9-6-7-12(16)10-15-11(3)13(17)14-5-2/h6-7,9,11,15H,4-5,8,10H2,1-3H3,(H,14,17). The quantitative estimate of drug-likeness (QED) is 0.755. The minimum atomic E-state index is -0.153. The van der Waals surface area contributed by atoms with Crippen LogP contribution in [-0.4, -0.2) is 23.1 Å². The third-order valence-electron chi connectivity index (χ3n) is 2.72. The second-order valence-corrected chi connectivity index (χ2v) is 4.19. The van der Waals surface area contributed by atoms with Crippen LogP contribution in [0.1, 0.15) is 32.9 Å². The van der Waals surface area contributed by atoms with E-state index in [2.05, 4.69) is 34.4 Å². The zero-order valence-corrected chi connectivity index (χ0v) is 11.0. The molecule has 96 valence electrons. The molecule has 1 amide bonds. The first kappa shape index (κ1) is 13.8. The Morgan fingerprint density at radius 2 is 2.24 bits per heavy atom. The first-order chi connectivity index (χ1) is 8.19. The number of carbonyl (C=O) groups is 1. The van der Waals surface area contributed by atoms with Crippen LogP contribution in [-0.2, 0) is 17.9 Å². The second kappa shape index (κ2) is 7.12. The molecule has 0 aliphatic carbocycles. The van der Waals surface area contributed by atoms with Crippen LogP contribution in [0.2, 0.25) is 0 Å². The molecular weight excluding hydrogens is 214 g/mol. The molecule has 0 saturated heterocycles. The predicted octanol–water partition coefficient (Wildman–Crippen LogP) is 1.51. The minimum absolute atomic E-state index is 0.0566. The maximum atomic E-state index is 11.5. The Hall–Kier alpha value is -1.29. The molecule has 1 rings (SSSR count). The summed E-state index contributed by atoms with van der Waals surface area (Å²) in [6.45, 7) is 8.41. The Labute approximate surface area is 103 Å². The lowest BCUT2D eigenvalue weighted by molar-refractivity contribution is -0.122. The summed E-state index contributed by atoms with van der Waals surface area (Å²) in [5, 5.41) is 6.04. The first-order valence-electron chi connectivity index (χ1n) is 6.34. The lowest BCUT2D eigenvalue weighted by Crippen LogP contribution is -2.41. The molecule has 0 bridgehead atoms. The first-order valence-corrected chi connectivity index (χ1v) is 6.34. The highest BCUT2D eigenvalue weighted by Crippen LogP contribution is 2.03. The van der Waals surface area contributed by atoms with Crippen molar-refractivity contribution in [1.29, 1.82) is 0 Å². The number of nitrogens with zero attached hydrogens (tertiary/aromatic N) is 1. The Balaban J connectivity index is 2.44. The molecule has 0 fully saturated rings. The number of aryl methyl sites for hydroxylation is 1. The third kappa shape index (κ3) is 4.23. The normalized spacial score (nSPS) is 12.4. The third-order valence-corrected chi connectivity index (χ3v) is 2.72. The molecule has 0 radical (unpaired) electrons. The van der Waals surface area contributed by atoms with Crippen LogP contribution in [0.25, 0.3) is 0 Å². The van der Waals surface area contributed by atoms with E-state index in [0.29, 0.717) is 6.54 Å². The van der Waals surface area contributed by atoms with Gasteiger partial charge in [-0.05, 0) is 32.4 Å². The van der Waals surface area contributed by atoms with Crippen LogP contribution < -0.4 is 10.6 Å². The summed E-state index contributed by atoms with van der Waals surface area (Å²) in [5.41, 5.74) is 1.22. The molecule has 1 heterocycles. The van der Waals surface area contributed by atoms with E-state index in [0.717, 1.165) is 19.5 Å². The fraction of sp³-hybridized carbons (Fsp3) is 0.615. The van der Waals surface area contributed by atoms with Crippen LogP contribution in [0.5, 0.6) is 0 Å². The van der Waals surface area contributed by atoms with Crippen LogP contribution >= 0.6 is 0 Å². The van der Waals surface area contributed by atoms with E-state index in [-0.39, 0.29) is 11.9 Å². The van der Waals surface area contributed by atoms with Gasteiger partial charge in [-0.3, -0.25) is 4.79 Å². The number of likely N-dealkylation sites (N-methyl/N-ethyl adjacent to an activating group) is 1. The van der Waals surface area contributed by atoms with Gasteiger partial charge in [0.15, 0.2) is 0 Å². The van der Waals surface area contributed by atoms with Crippen molar-refractivity contribution in [3.63, 3.8) is 0 Å². The van der Waals surface area contributed by atoms with E-state index in [1.807, 2.05) is 19.9 Å². The monoisotopic (exact) mass is 237 g/mol. The van der Waals surface area contributed by atoms with Crippen LogP contribution in [0.15, 0.2) is 18.3 Å². The summed E-state index contributed by atoms with van der Waals surface area (Å²) < 4.78 is 2.22. The van der Waals surface area contributed by atoms with Gasteiger partial charge in [0.2, 0.25) is 5.91 Å². The molecule has 1 aromatic heterocycles. The van der Waals surface area contributed by atoms with E-state index >= 15 is 0 Å². The molecule has 1 unspecified atom stereocenters. The summed E-state index contributed by atoms with van der Waals surface area (Å²) >= 11 is 0. The fourth-order valence-corrected chi connectivity index (χ4v) is 1.75. The van der Waals surface area contributed by atoms with Gasteiger partial charge in [-0.2, -0.15) is 0 Å². The number of amides is 1. The lowest BCUT2D eigenvalue weighted by Gasteiger charge is -2.14. The highest BCUT2D eigenvalue weighted by atomic mass is 16.2. The van der Waals surface area contributed by atoms with Gasteiger partial charge in [-0.25, -0.2) is 0 Å². The van der Waals surface area contributed by atoms with Crippen LogP contribution in [0.4, 0.5) is 0 Å². The van der Waals surface area contributed by atoms with Crippen molar-refractivity contribution >= 4 is 5.91 Å². The van der Waals surface area contributed by atoms with Gasteiger partial charge >= 0.3 is 0 Å². The van der Waals surface area contributed by atoms with Gasteiger partial charge in [0.05, 0.1) is 6.04 Å². The van der Waals surface area contributed by atoms with E-state index in [1.54, 1.807) is 0 Å². The van der Waals surface area contributed by atoms with Crippen molar-refractivity contribution in [3.8, 4) is 0 Å². The Kier molecular flexibility index (Phi) is 5.77. The van der Waals surface area contributed by atoms with Crippen molar-refractivity contribution in [2.75, 3.05) is 6.54 Å². The Bertz CT molecular complexity index is 346. The van der Waals surface area contributed by atoms with E-state index < -0.39 is 0 Å². The Morgan fingerprint density at radius 1 is 1.47 bits per heavy atom. The van der Waals surface area contributed by atoms with Gasteiger partial charge in [0.1, 0.15) is 0 Å². The zero-order valence-electron chi connectivity index (χ0n) is 11.0. The highest BCUT2D eigenvalue weighted by Gasteiger charge is 2.11. The maximum Gasteiger partial charge on any atom is 0.236 e. The highest BCUT2D eigenvalue weighted by molar-refractivity contribution is 5.81. The number of carbonyl (C=O) groups excluding carboxylic acids is 1. The van der Waals surface area contributed by atoms with Crippen molar-refractivity contribution < 1.29 is 4.79 Å². The molecule has 1 atom stereocenters. The largest absolute Gasteiger partial charge is 0.355 e. The average molecular weight is 237 g/mol. The maximum absolute atomic E-state index is 11.5. The van der Waals surface area contributed by atoms with Gasteiger partial charge in [0, 0.05) is 31.5 Å². The number of hydrogen-bond donors (Lipinski definition) is 2. The molecule has 0 aromatic carbocycles. The van der Waals surface area contributed by atoms with Gasteiger partial charge < -0.3 is 15.2 Å². The predicted molar refractivity (Wildman–Crippen MR) is 69.7 cm³/mol. The van der Waals surface area contributed by atoms with Crippen LogP contribution in [0, 0.1) is 0 Å². The number of aromatic nitrogens is 1. The number of nitrogens with one attached hydrogen (secondary N) is 2. The van der Waals surface area contributed by atoms with E-state index in [9.17, 15) is 4.79 Å². The summed E-state index contributed by atoms with van der Waals surface area (Å²) in [6.07, 6.45) is 3.20. The van der Waals surface area contributed by atoms with Crippen LogP contribution in [0.3, 0.4) is 0 Å². The van der Waals surface area contributed by atoms with E-state index in [4.69, 9.17) is 0 Å². The zero-order chi connectivity index (χ0) is 12.7. The molecule has 0 aliphatic rings. The SMILES string of the molecule is CCCn1cccc1CNC(C)C(=O)NCC. The molecule has 0 saturated carbocycles.